The van der Waals surface area contributed by atoms with E-state index in [1.54, 1.807) is 10.9 Å². The van der Waals surface area contributed by atoms with Crippen molar-refractivity contribution in [1.82, 2.24) is 19.7 Å². The Morgan fingerprint density at radius 3 is 3.07 bits per heavy atom. The Kier molecular flexibility index (Phi) is 7.05. The van der Waals surface area contributed by atoms with Crippen molar-refractivity contribution >= 4 is 36.5 Å². The van der Waals surface area contributed by atoms with E-state index in [1.165, 1.54) is 0 Å². The van der Waals surface area contributed by atoms with Gasteiger partial charge in [-0.3, -0.25) is 4.57 Å². The number of nitrogens with one attached hydrogen (secondary N) is 1. The molecule has 4 atom stereocenters. The number of aromatic nitrogens is 4. The molecule has 2 aromatic rings. The van der Waals surface area contributed by atoms with E-state index in [4.69, 9.17) is 26.0 Å². The number of rotatable bonds is 9. The van der Waals surface area contributed by atoms with Crippen molar-refractivity contribution < 1.29 is 18.9 Å². The van der Waals surface area contributed by atoms with Gasteiger partial charge in [-0.05, 0) is 30.4 Å². The Bertz CT molecular complexity index is 804. The summed E-state index contributed by atoms with van der Waals surface area (Å²) in [6.07, 6.45) is 3.27. The first-order chi connectivity index (χ1) is 13.0. The van der Waals surface area contributed by atoms with Crippen LogP contribution in [0.15, 0.2) is 6.20 Å². The number of ether oxygens (including phenoxy) is 2. The molecule has 2 N–H and O–H groups in total. The van der Waals surface area contributed by atoms with E-state index in [9.17, 15) is 4.57 Å². The first-order valence-electron chi connectivity index (χ1n) is 9.05. The fraction of sp³-hybridized carbons (Fsp3) is 0.688. The Labute approximate surface area is 163 Å². The van der Waals surface area contributed by atoms with Crippen LogP contribution in [0.1, 0.15) is 26.7 Å². The molecule has 2 unspecified atom stereocenters. The highest BCUT2D eigenvalue weighted by molar-refractivity contribution is 7.37. The van der Waals surface area contributed by atoms with Crippen LogP contribution in [0, 0.1) is 5.92 Å². The van der Waals surface area contributed by atoms with Crippen LogP contribution in [-0.4, -0.2) is 56.3 Å². The average Bonchev–Trinajstić information content (AvgIpc) is 3.16. The largest absolute Gasteiger partial charge is 0.370 e. The molecule has 0 amide bonds. The maximum atomic E-state index is 10.7. The summed E-state index contributed by atoms with van der Waals surface area (Å²) in [6.45, 7) is 5.84. The van der Waals surface area contributed by atoms with Gasteiger partial charge in [0.15, 0.2) is 5.65 Å². The molecule has 9 nitrogen and oxygen atoms in total. The first kappa shape index (κ1) is 20.5. The lowest BCUT2D eigenvalue weighted by Gasteiger charge is -2.16. The van der Waals surface area contributed by atoms with Gasteiger partial charge in [-0.25, -0.2) is 4.68 Å². The minimum Gasteiger partial charge on any atom is -0.370 e. The molecule has 150 valence electrons. The fourth-order valence-electron chi connectivity index (χ4n) is 3.22. The van der Waals surface area contributed by atoms with Crippen molar-refractivity contribution in [3.05, 3.63) is 11.5 Å². The average molecular weight is 418 g/mol. The number of nitrogens with zero attached hydrogens (tertiary/aromatic N) is 4. The van der Waals surface area contributed by atoms with Crippen LogP contribution in [0.5, 0.6) is 0 Å². The quantitative estimate of drug-likeness (QED) is 0.473. The number of hydrogen-bond acceptors (Lipinski definition) is 7. The molecule has 0 radical (unpaired) electrons. The van der Waals surface area contributed by atoms with E-state index in [2.05, 4.69) is 34.2 Å². The summed E-state index contributed by atoms with van der Waals surface area (Å²) in [5.41, 5.74) is 0.669. The van der Waals surface area contributed by atoms with Gasteiger partial charge in [0.2, 0.25) is 13.3 Å². The van der Waals surface area contributed by atoms with Crippen molar-refractivity contribution in [1.29, 1.82) is 0 Å². The van der Waals surface area contributed by atoms with Gasteiger partial charge < -0.3 is 19.7 Å². The molecule has 1 aliphatic heterocycles. The highest BCUT2D eigenvalue weighted by Gasteiger charge is 2.33. The van der Waals surface area contributed by atoms with Crippen LogP contribution in [0.4, 0.5) is 5.82 Å². The lowest BCUT2D eigenvalue weighted by Crippen LogP contribution is -2.23. The monoisotopic (exact) mass is 417 g/mol. The van der Waals surface area contributed by atoms with Gasteiger partial charge >= 0.3 is 0 Å². The second kappa shape index (κ2) is 9.30. The van der Waals surface area contributed by atoms with Gasteiger partial charge in [0, 0.05) is 6.54 Å². The Balaban J connectivity index is 1.69. The van der Waals surface area contributed by atoms with Crippen molar-refractivity contribution in [3.8, 4) is 0 Å². The summed E-state index contributed by atoms with van der Waals surface area (Å²) in [5, 5.41) is 8.70. The molecule has 0 saturated carbocycles. The third-order valence-corrected chi connectivity index (χ3v) is 5.15. The summed E-state index contributed by atoms with van der Waals surface area (Å²) >= 11 is 6.09. The fourth-order valence-corrected chi connectivity index (χ4v) is 3.68. The van der Waals surface area contributed by atoms with Crippen LogP contribution in [0.2, 0.25) is 5.28 Å². The lowest BCUT2D eigenvalue weighted by molar-refractivity contribution is -0.0167. The van der Waals surface area contributed by atoms with Gasteiger partial charge in [-0.2, -0.15) is 15.1 Å². The van der Waals surface area contributed by atoms with Crippen LogP contribution in [0.3, 0.4) is 0 Å². The van der Waals surface area contributed by atoms with E-state index < -0.39 is 8.03 Å². The molecule has 0 aromatic carbocycles. The topological polar surface area (TPSA) is 111 Å². The molecular weight excluding hydrogens is 393 g/mol. The molecule has 2 aromatic heterocycles. The maximum absolute atomic E-state index is 10.7. The van der Waals surface area contributed by atoms with E-state index in [1.807, 2.05) is 0 Å². The predicted molar refractivity (Wildman–Crippen MR) is 104 cm³/mol. The normalized spacial score (nSPS) is 23.8. The minimum absolute atomic E-state index is 0.0475. The van der Waals surface area contributed by atoms with Crippen molar-refractivity contribution in [2.75, 3.05) is 24.8 Å². The summed E-state index contributed by atoms with van der Waals surface area (Å²) < 4.78 is 23.8. The number of halogens is 1. The zero-order valence-electron chi connectivity index (χ0n) is 15.4. The van der Waals surface area contributed by atoms with Crippen molar-refractivity contribution in [3.63, 3.8) is 0 Å². The predicted octanol–water partition coefficient (Wildman–Crippen LogP) is 2.54. The Hall–Kier alpha value is -1.25. The summed E-state index contributed by atoms with van der Waals surface area (Å²) in [6, 6.07) is 0. The molecule has 3 heterocycles. The molecule has 1 aliphatic rings. The zero-order valence-corrected chi connectivity index (χ0v) is 17.1. The lowest BCUT2D eigenvalue weighted by atomic mass is 10.0. The molecule has 27 heavy (non-hydrogen) atoms. The molecule has 3 rings (SSSR count). The van der Waals surface area contributed by atoms with Crippen molar-refractivity contribution in [2.45, 2.75) is 45.4 Å². The van der Waals surface area contributed by atoms with Gasteiger partial charge in [0.1, 0.15) is 12.2 Å². The molecule has 1 fully saturated rings. The highest BCUT2D eigenvalue weighted by Crippen LogP contribution is 2.29. The van der Waals surface area contributed by atoms with Gasteiger partial charge in [-0.15, -0.1) is 0 Å². The van der Waals surface area contributed by atoms with E-state index in [0.29, 0.717) is 30.5 Å². The third kappa shape index (κ3) is 5.18. The smallest absolute Gasteiger partial charge is 0.226 e. The maximum Gasteiger partial charge on any atom is 0.226 e. The highest BCUT2D eigenvalue weighted by atomic mass is 35.5. The number of hydrogen-bond donors (Lipinski definition) is 2. The van der Waals surface area contributed by atoms with Crippen LogP contribution in [-0.2, 0) is 20.6 Å². The molecular formula is C16H25ClN5O4P. The summed E-state index contributed by atoms with van der Waals surface area (Å²) in [4.78, 5) is 17.4. The molecule has 0 spiro atoms. The second-order valence-corrected chi connectivity index (χ2v) is 8.16. The molecule has 0 bridgehead atoms. The van der Waals surface area contributed by atoms with Crippen LogP contribution in [0.25, 0.3) is 11.0 Å². The zero-order chi connectivity index (χ0) is 19.4. The van der Waals surface area contributed by atoms with Gasteiger partial charge in [0.05, 0.1) is 36.9 Å². The van der Waals surface area contributed by atoms with Gasteiger partial charge in [0.25, 0.3) is 0 Å². The Morgan fingerprint density at radius 2 is 2.33 bits per heavy atom. The molecule has 1 saturated heterocycles. The summed E-state index contributed by atoms with van der Waals surface area (Å²) in [7, 11) is -2.61. The van der Waals surface area contributed by atoms with Crippen molar-refractivity contribution in [2.24, 2.45) is 5.92 Å². The number of anilines is 1. The summed E-state index contributed by atoms with van der Waals surface area (Å²) in [5.74, 6) is 0.989. The van der Waals surface area contributed by atoms with Crippen LogP contribution < -0.4 is 5.32 Å². The molecule has 11 heteroatoms. The third-order valence-electron chi connectivity index (χ3n) is 4.53. The van der Waals surface area contributed by atoms with E-state index in [-0.39, 0.29) is 23.8 Å². The standard InChI is InChI=1S/C16H25ClN5O4P/c1-3-4-18-14-12-6-19-22(15(12)21-16(17)20-14)7-13-10(2)5-11(26-13)8-25-9-27(23)24/h6,10-11,13,27H,3-5,7-9H2,1-2H3,(H,23,24)(H,18,20,21)/t10?,11-,13+/m0/s1. The Morgan fingerprint density at radius 1 is 1.52 bits per heavy atom. The van der Waals surface area contributed by atoms with E-state index in [0.717, 1.165) is 24.8 Å². The van der Waals surface area contributed by atoms with E-state index >= 15 is 0 Å². The number of fused-ring (bicyclic) bond motifs is 1. The van der Waals surface area contributed by atoms with Crippen LogP contribution >= 0.6 is 19.6 Å². The SMILES string of the molecule is CCCNc1nc(Cl)nc2c1cnn2C[C@H]1O[C@H](COC[PH](=O)O)CC1C. The molecule has 0 aliphatic carbocycles. The second-order valence-electron chi connectivity index (χ2n) is 6.75. The minimum atomic E-state index is -2.61. The first-order valence-corrected chi connectivity index (χ1v) is 11.0. The van der Waals surface area contributed by atoms with Gasteiger partial charge in [-0.1, -0.05) is 13.8 Å².